The molecule has 0 aliphatic carbocycles. The van der Waals surface area contributed by atoms with Crippen molar-refractivity contribution in [2.24, 2.45) is 0 Å². The smallest absolute Gasteiger partial charge is 0.347 e. The van der Waals surface area contributed by atoms with Gasteiger partial charge in [0.05, 0.1) is 0 Å². The van der Waals surface area contributed by atoms with E-state index in [1.165, 1.54) is 27.1 Å². The molecule has 0 saturated heterocycles. The van der Waals surface area contributed by atoms with Gasteiger partial charge in [-0.1, -0.05) is 42.5 Å². The van der Waals surface area contributed by atoms with Crippen LogP contribution in [-0.2, 0) is 17.8 Å². The van der Waals surface area contributed by atoms with E-state index < -0.39 is 5.69 Å². The molecule has 5 heteroatoms. The van der Waals surface area contributed by atoms with Crippen LogP contribution in [0, 0.1) is 0 Å². The summed E-state index contributed by atoms with van der Waals surface area (Å²) in [5.41, 5.74) is 0.745. The maximum atomic E-state index is 12.1. The van der Waals surface area contributed by atoms with Gasteiger partial charge in [-0.15, -0.1) is 0 Å². The molecule has 5 nitrogen and oxygen atoms in total. The third-order valence-electron chi connectivity index (χ3n) is 3.86. The van der Waals surface area contributed by atoms with Crippen molar-refractivity contribution < 1.29 is 4.79 Å². The number of amides is 1. The average Bonchev–Trinajstić information content (AvgIpc) is 2.56. The molecule has 1 amide bonds. The first-order chi connectivity index (χ1) is 11.6. The lowest BCUT2D eigenvalue weighted by Crippen LogP contribution is -2.38. The van der Waals surface area contributed by atoms with Crippen molar-refractivity contribution in [1.29, 1.82) is 0 Å². The van der Waals surface area contributed by atoms with Crippen LogP contribution < -0.4 is 11.0 Å². The second-order valence-electron chi connectivity index (χ2n) is 5.88. The summed E-state index contributed by atoms with van der Waals surface area (Å²) in [7, 11) is 0. The molecule has 0 radical (unpaired) electrons. The monoisotopic (exact) mass is 321 g/mol. The normalized spacial score (nSPS) is 12.0. The van der Waals surface area contributed by atoms with E-state index in [4.69, 9.17) is 0 Å². The van der Waals surface area contributed by atoms with E-state index in [2.05, 4.69) is 40.6 Å². The Hall–Kier alpha value is -2.95. The maximum absolute atomic E-state index is 12.1. The standard InChI is InChI=1S/C19H19N3O2/c1-14(21-18(23)13-22-10-4-9-20-19(22)24)11-15-7-8-16-5-2-3-6-17(16)12-15/h2-10,12,14H,11,13H2,1H3,(H,21,23)/t14-/m0/s1. The fourth-order valence-corrected chi connectivity index (χ4v) is 2.75. The molecule has 0 saturated carbocycles. The molecule has 3 aromatic rings. The Bertz CT molecular complexity index is 917. The lowest BCUT2D eigenvalue weighted by molar-refractivity contribution is -0.122. The summed E-state index contributed by atoms with van der Waals surface area (Å²) in [6.45, 7) is 1.94. The van der Waals surface area contributed by atoms with Crippen molar-refractivity contribution >= 4 is 16.7 Å². The second kappa shape index (κ2) is 7.08. The molecule has 0 spiro atoms. The van der Waals surface area contributed by atoms with Gasteiger partial charge < -0.3 is 5.32 Å². The van der Waals surface area contributed by atoms with Gasteiger partial charge in [-0.05, 0) is 35.7 Å². The highest BCUT2D eigenvalue weighted by atomic mass is 16.2. The molecule has 122 valence electrons. The van der Waals surface area contributed by atoms with E-state index in [1.807, 2.05) is 19.1 Å². The van der Waals surface area contributed by atoms with E-state index in [-0.39, 0.29) is 18.5 Å². The fourth-order valence-electron chi connectivity index (χ4n) is 2.75. The Morgan fingerprint density at radius 3 is 2.75 bits per heavy atom. The quantitative estimate of drug-likeness (QED) is 0.783. The lowest BCUT2D eigenvalue weighted by Gasteiger charge is -2.15. The summed E-state index contributed by atoms with van der Waals surface area (Å²) in [5, 5.41) is 5.32. The third-order valence-corrected chi connectivity index (χ3v) is 3.86. The highest BCUT2D eigenvalue weighted by molar-refractivity contribution is 5.83. The van der Waals surface area contributed by atoms with Crippen molar-refractivity contribution in [2.45, 2.75) is 25.9 Å². The number of rotatable bonds is 5. The predicted molar refractivity (Wildman–Crippen MR) is 93.8 cm³/mol. The molecule has 0 aliphatic heterocycles. The number of hydrogen-bond donors (Lipinski definition) is 1. The summed E-state index contributed by atoms with van der Waals surface area (Å²) in [4.78, 5) is 27.2. The van der Waals surface area contributed by atoms with Crippen molar-refractivity contribution in [3.63, 3.8) is 0 Å². The number of benzene rings is 2. The molecule has 0 aliphatic rings. The van der Waals surface area contributed by atoms with Gasteiger partial charge in [-0.2, -0.15) is 0 Å². The molecule has 1 N–H and O–H groups in total. The van der Waals surface area contributed by atoms with Crippen LogP contribution in [0.2, 0.25) is 0 Å². The van der Waals surface area contributed by atoms with E-state index in [9.17, 15) is 9.59 Å². The van der Waals surface area contributed by atoms with Gasteiger partial charge in [0.15, 0.2) is 0 Å². The van der Waals surface area contributed by atoms with Crippen molar-refractivity contribution in [3.8, 4) is 0 Å². The van der Waals surface area contributed by atoms with Gasteiger partial charge >= 0.3 is 5.69 Å². The van der Waals surface area contributed by atoms with Crippen molar-refractivity contribution in [1.82, 2.24) is 14.9 Å². The summed E-state index contributed by atoms with van der Waals surface area (Å²) >= 11 is 0. The lowest BCUT2D eigenvalue weighted by atomic mass is 10.0. The highest BCUT2D eigenvalue weighted by Gasteiger charge is 2.10. The molecule has 24 heavy (non-hydrogen) atoms. The van der Waals surface area contributed by atoms with Gasteiger partial charge in [0.25, 0.3) is 0 Å². The molecule has 2 aromatic carbocycles. The van der Waals surface area contributed by atoms with Crippen LogP contribution >= 0.6 is 0 Å². The highest BCUT2D eigenvalue weighted by Crippen LogP contribution is 2.16. The Kier molecular flexibility index (Phi) is 4.70. The minimum Gasteiger partial charge on any atom is -0.352 e. The summed E-state index contributed by atoms with van der Waals surface area (Å²) < 4.78 is 1.29. The van der Waals surface area contributed by atoms with E-state index in [0.717, 1.165) is 6.42 Å². The third kappa shape index (κ3) is 3.87. The van der Waals surface area contributed by atoms with Gasteiger partial charge in [0.2, 0.25) is 5.91 Å². The largest absolute Gasteiger partial charge is 0.352 e. The second-order valence-corrected chi connectivity index (χ2v) is 5.88. The average molecular weight is 321 g/mol. The van der Waals surface area contributed by atoms with Crippen LogP contribution in [-0.4, -0.2) is 21.5 Å². The zero-order valence-corrected chi connectivity index (χ0v) is 13.5. The van der Waals surface area contributed by atoms with E-state index in [0.29, 0.717) is 0 Å². The molecule has 3 rings (SSSR count). The van der Waals surface area contributed by atoms with Gasteiger partial charge in [0.1, 0.15) is 6.54 Å². The number of nitrogens with one attached hydrogen (secondary N) is 1. The molecule has 1 atom stereocenters. The van der Waals surface area contributed by atoms with Crippen LogP contribution in [0.4, 0.5) is 0 Å². The molecular weight excluding hydrogens is 302 g/mol. The van der Waals surface area contributed by atoms with Crippen molar-refractivity contribution in [2.75, 3.05) is 0 Å². The van der Waals surface area contributed by atoms with E-state index in [1.54, 1.807) is 12.3 Å². The molecule has 0 fully saturated rings. The molecule has 1 heterocycles. The first kappa shape index (κ1) is 15.9. The Morgan fingerprint density at radius 2 is 1.96 bits per heavy atom. The Labute approximate surface area is 140 Å². The molecule has 0 unspecified atom stereocenters. The number of carbonyl (C=O) groups is 1. The minimum atomic E-state index is -0.421. The minimum absolute atomic E-state index is 0.0191. The van der Waals surface area contributed by atoms with Gasteiger partial charge in [-0.3, -0.25) is 9.36 Å². The van der Waals surface area contributed by atoms with Crippen LogP contribution in [0.3, 0.4) is 0 Å². The number of carbonyl (C=O) groups excluding carboxylic acids is 1. The summed E-state index contributed by atoms with van der Waals surface area (Å²) in [6.07, 6.45) is 3.71. The predicted octanol–water partition coefficient (Wildman–Crippen LogP) is 2.14. The zero-order valence-electron chi connectivity index (χ0n) is 13.5. The van der Waals surface area contributed by atoms with Crippen molar-refractivity contribution in [3.05, 3.63) is 77.0 Å². The van der Waals surface area contributed by atoms with Gasteiger partial charge in [0, 0.05) is 18.4 Å². The molecular formula is C19H19N3O2. The molecule has 0 bridgehead atoms. The zero-order chi connectivity index (χ0) is 16.9. The summed E-state index contributed by atoms with van der Waals surface area (Å²) in [5.74, 6) is -0.196. The van der Waals surface area contributed by atoms with Crippen LogP contribution in [0.15, 0.2) is 65.7 Å². The maximum Gasteiger partial charge on any atom is 0.347 e. The SMILES string of the molecule is C[C@@H](Cc1ccc2ccccc2c1)NC(=O)Cn1cccnc1=O. The molecule has 1 aromatic heterocycles. The number of nitrogens with zero attached hydrogens (tertiary/aromatic N) is 2. The van der Waals surface area contributed by atoms with Crippen LogP contribution in [0.5, 0.6) is 0 Å². The Morgan fingerprint density at radius 1 is 1.17 bits per heavy atom. The number of aromatic nitrogens is 2. The fraction of sp³-hybridized carbons (Fsp3) is 0.211. The van der Waals surface area contributed by atoms with Crippen LogP contribution in [0.1, 0.15) is 12.5 Å². The number of fused-ring (bicyclic) bond motifs is 1. The number of hydrogen-bond acceptors (Lipinski definition) is 3. The topological polar surface area (TPSA) is 64.0 Å². The first-order valence-electron chi connectivity index (χ1n) is 7.90. The first-order valence-corrected chi connectivity index (χ1v) is 7.90. The van der Waals surface area contributed by atoms with Crippen LogP contribution in [0.25, 0.3) is 10.8 Å². The summed E-state index contributed by atoms with van der Waals surface area (Å²) in [6, 6.07) is 16.1. The Balaban J connectivity index is 1.62. The van der Waals surface area contributed by atoms with Gasteiger partial charge in [-0.25, -0.2) is 9.78 Å². The van der Waals surface area contributed by atoms with E-state index >= 15 is 0 Å².